The van der Waals surface area contributed by atoms with Gasteiger partial charge in [-0.1, -0.05) is 12.1 Å². The smallest absolute Gasteiger partial charge is 0.311 e. The molecule has 92 valence electrons. The number of aliphatic carboxylic acids is 1. The van der Waals surface area contributed by atoms with Crippen LogP contribution >= 0.6 is 0 Å². The van der Waals surface area contributed by atoms with Crippen molar-refractivity contribution in [2.45, 2.75) is 27.2 Å². The molecule has 0 spiro atoms. The number of aryl methyl sites for hydroxylation is 1. The Balaban J connectivity index is 2.27. The summed E-state index contributed by atoms with van der Waals surface area (Å²) in [6, 6.07) is 6.20. The molecule has 0 aromatic heterocycles. The molecule has 1 atom stereocenters. The van der Waals surface area contributed by atoms with Crippen LogP contribution in [-0.2, 0) is 4.79 Å². The van der Waals surface area contributed by atoms with Crippen molar-refractivity contribution in [1.82, 2.24) is 0 Å². The van der Waals surface area contributed by atoms with Crippen LogP contribution < -0.4 is 4.90 Å². The molecule has 3 nitrogen and oxygen atoms in total. The van der Waals surface area contributed by atoms with Crippen LogP contribution in [0, 0.1) is 19.3 Å². The Morgan fingerprint density at radius 1 is 1.41 bits per heavy atom. The average molecular weight is 233 g/mol. The van der Waals surface area contributed by atoms with Crippen molar-refractivity contribution in [1.29, 1.82) is 0 Å². The SMILES string of the molecule is Cc1cccc(N2CCC(C)(C(=O)O)C2)c1C. The Bertz CT molecular complexity index is 456. The van der Waals surface area contributed by atoms with Gasteiger partial charge in [0, 0.05) is 18.8 Å². The van der Waals surface area contributed by atoms with Gasteiger partial charge in [-0.3, -0.25) is 4.79 Å². The fraction of sp³-hybridized carbons (Fsp3) is 0.500. The van der Waals surface area contributed by atoms with Crippen LogP contribution in [-0.4, -0.2) is 24.2 Å². The number of anilines is 1. The third kappa shape index (κ3) is 2.02. The lowest BCUT2D eigenvalue weighted by molar-refractivity contribution is -0.146. The Morgan fingerprint density at radius 2 is 2.12 bits per heavy atom. The van der Waals surface area contributed by atoms with Gasteiger partial charge in [0.1, 0.15) is 0 Å². The molecule has 0 saturated carbocycles. The maximum absolute atomic E-state index is 11.2. The molecule has 0 amide bonds. The number of carboxylic acid groups (broad SMARTS) is 1. The molecule has 0 bridgehead atoms. The van der Waals surface area contributed by atoms with Gasteiger partial charge in [-0.25, -0.2) is 0 Å². The van der Waals surface area contributed by atoms with E-state index in [4.69, 9.17) is 0 Å². The summed E-state index contributed by atoms with van der Waals surface area (Å²) in [6.45, 7) is 7.45. The average Bonchev–Trinajstić information content (AvgIpc) is 2.66. The molecule has 1 N–H and O–H groups in total. The summed E-state index contributed by atoms with van der Waals surface area (Å²) in [4.78, 5) is 13.4. The van der Waals surface area contributed by atoms with Gasteiger partial charge >= 0.3 is 5.97 Å². The van der Waals surface area contributed by atoms with E-state index in [-0.39, 0.29) is 0 Å². The number of carbonyl (C=O) groups is 1. The van der Waals surface area contributed by atoms with Crippen molar-refractivity contribution in [2.75, 3.05) is 18.0 Å². The summed E-state index contributed by atoms with van der Waals surface area (Å²) in [7, 11) is 0. The number of hydrogen-bond acceptors (Lipinski definition) is 2. The minimum Gasteiger partial charge on any atom is -0.481 e. The molecular weight excluding hydrogens is 214 g/mol. The highest BCUT2D eigenvalue weighted by molar-refractivity contribution is 5.76. The van der Waals surface area contributed by atoms with Gasteiger partial charge in [-0.15, -0.1) is 0 Å². The predicted octanol–water partition coefficient (Wildman–Crippen LogP) is 2.60. The van der Waals surface area contributed by atoms with Gasteiger partial charge in [-0.2, -0.15) is 0 Å². The first kappa shape index (κ1) is 12.0. The first-order chi connectivity index (χ1) is 7.94. The number of nitrogens with zero attached hydrogens (tertiary/aromatic N) is 1. The predicted molar refractivity (Wildman–Crippen MR) is 68.5 cm³/mol. The first-order valence-electron chi connectivity index (χ1n) is 5.98. The van der Waals surface area contributed by atoms with Crippen molar-refractivity contribution < 1.29 is 9.90 Å². The maximum Gasteiger partial charge on any atom is 0.311 e. The van der Waals surface area contributed by atoms with Gasteiger partial charge in [-0.05, 0) is 44.4 Å². The minimum atomic E-state index is -0.690. The van der Waals surface area contributed by atoms with Crippen LogP contribution in [0.5, 0.6) is 0 Å². The molecule has 0 radical (unpaired) electrons. The summed E-state index contributed by atoms with van der Waals surface area (Å²) >= 11 is 0. The third-order valence-corrected chi connectivity index (χ3v) is 3.91. The molecule has 0 aliphatic carbocycles. The van der Waals surface area contributed by atoms with Gasteiger partial charge in [0.15, 0.2) is 0 Å². The molecular formula is C14H19NO2. The van der Waals surface area contributed by atoms with E-state index in [1.165, 1.54) is 16.8 Å². The number of rotatable bonds is 2. The van der Waals surface area contributed by atoms with Crippen LogP contribution in [0.1, 0.15) is 24.5 Å². The van der Waals surface area contributed by atoms with E-state index in [0.29, 0.717) is 6.54 Å². The topological polar surface area (TPSA) is 40.5 Å². The zero-order valence-electron chi connectivity index (χ0n) is 10.7. The highest BCUT2D eigenvalue weighted by Gasteiger charge is 2.40. The second-order valence-corrected chi connectivity index (χ2v) is 5.26. The van der Waals surface area contributed by atoms with Crippen molar-refractivity contribution in [3.63, 3.8) is 0 Å². The second-order valence-electron chi connectivity index (χ2n) is 5.26. The zero-order chi connectivity index (χ0) is 12.6. The van der Waals surface area contributed by atoms with Gasteiger partial charge < -0.3 is 10.0 Å². The molecule has 1 saturated heterocycles. The first-order valence-corrected chi connectivity index (χ1v) is 5.98. The van der Waals surface area contributed by atoms with E-state index in [0.717, 1.165) is 13.0 Å². The van der Waals surface area contributed by atoms with Crippen molar-refractivity contribution >= 4 is 11.7 Å². The molecule has 2 rings (SSSR count). The molecule has 3 heteroatoms. The summed E-state index contributed by atoms with van der Waals surface area (Å²) < 4.78 is 0. The van der Waals surface area contributed by atoms with Crippen molar-refractivity contribution in [2.24, 2.45) is 5.41 Å². The lowest BCUT2D eigenvalue weighted by Gasteiger charge is -2.24. The second kappa shape index (κ2) is 4.06. The van der Waals surface area contributed by atoms with E-state index in [2.05, 4.69) is 30.9 Å². The van der Waals surface area contributed by atoms with E-state index in [1.54, 1.807) is 0 Å². The minimum absolute atomic E-state index is 0.601. The van der Waals surface area contributed by atoms with Crippen LogP contribution in [0.4, 0.5) is 5.69 Å². The van der Waals surface area contributed by atoms with Crippen LogP contribution in [0.2, 0.25) is 0 Å². The fourth-order valence-electron chi connectivity index (χ4n) is 2.42. The molecule has 1 aliphatic rings. The Labute approximate surface area is 102 Å². The lowest BCUT2D eigenvalue weighted by atomic mass is 9.90. The molecule has 1 fully saturated rings. The molecule has 17 heavy (non-hydrogen) atoms. The number of hydrogen-bond donors (Lipinski definition) is 1. The van der Waals surface area contributed by atoms with E-state index < -0.39 is 11.4 Å². The summed E-state index contributed by atoms with van der Waals surface area (Å²) in [5, 5.41) is 9.23. The molecule has 1 heterocycles. The highest BCUT2D eigenvalue weighted by Crippen LogP contribution is 2.35. The van der Waals surface area contributed by atoms with Gasteiger partial charge in [0.2, 0.25) is 0 Å². The normalized spacial score (nSPS) is 24.1. The monoisotopic (exact) mass is 233 g/mol. The Hall–Kier alpha value is -1.51. The summed E-state index contributed by atoms with van der Waals surface area (Å²) in [6.07, 6.45) is 0.718. The Morgan fingerprint density at radius 3 is 2.71 bits per heavy atom. The van der Waals surface area contributed by atoms with Crippen LogP contribution in [0.15, 0.2) is 18.2 Å². The van der Waals surface area contributed by atoms with E-state index in [9.17, 15) is 9.90 Å². The van der Waals surface area contributed by atoms with Crippen LogP contribution in [0.3, 0.4) is 0 Å². The highest BCUT2D eigenvalue weighted by atomic mass is 16.4. The molecule has 1 aliphatic heterocycles. The number of benzene rings is 1. The van der Waals surface area contributed by atoms with Crippen LogP contribution in [0.25, 0.3) is 0 Å². The molecule has 1 aromatic rings. The van der Waals surface area contributed by atoms with Crippen molar-refractivity contribution in [3.05, 3.63) is 29.3 Å². The third-order valence-electron chi connectivity index (χ3n) is 3.91. The molecule has 1 aromatic carbocycles. The van der Waals surface area contributed by atoms with E-state index in [1.807, 2.05) is 13.0 Å². The number of carboxylic acids is 1. The Kier molecular flexibility index (Phi) is 2.86. The lowest BCUT2D eigenvalue weighted by Crippen LogP contribution is -2.31. The quantitative estimate of drug-likeness (QED) is 0.853. The fourth-order valence-corrected chi connectivity index (χ4v) is 2.42. The standard InChI is InChI=1S/C14H19NO2/c1-10-5-4-6-12(11(10)2)15-8-7-14(3,9-15)13(16)17/h4-6H,7-9H2,1-3H3,(H,16,17). The molecule has 1 unspecified atom stereocenters. The van der Waals surface area contributed by atoms with Crippen molar-refractivity contribution in [3.8, 4) is 0 Å². The zero-order valence-corrected chi connectivity index (χ0v) is 10.7. The van der Waals surface area contributed by atoms with Gasteiger partial charge in [0.05, 0.1) is 5.41 Å². The summed E-state index contributed by atoms with van der Waals surface area (Å²) in [5.74, 6) is -0.690. The van der Waals surface area contributed by atoms with E-state index >= 15 is 0 Å². The maximum atomic E-state index is 11.2. The largest absolute Gasteiger partial charge is 0.481 e. The van der Waals surface area contributed by atoms with Gasteiger partial charge in [0.25, 0.3) is 0 Å². The summed E-state index contributed by atoms with van der Waals surface area (Å²) in [5.41, 5.74) is 3.08.